The smallest absolute Gasteiger partial charge is 0.243 e. The van der Waals surface area contributed by atoms with E-state index < -0.39 is 6.29 Å². The zero-order valence-corrected chi connectivity index (χ0v) is 5.03. The maximum atomic E-state index is 10.3. The summed E-state index contributed by atoms with van der Waals surface area (Å²) in [6, 6.07) is 0. The number of aliphatic hydroxyl groups is 2. The van der Waals surface area contributed by atoms with Gasteiger partial charge in [-0.15, -0.1) is 0 Å². The Kier molecular flexibility index (Phi) is 3.66. The lowest BCUT2D eigenvalue weighted by Gasteiger charge is -1.91. The number of carbonyl (C=O) groups excluding carboxylic acids is 1. The van der Waals surface area contributed by atoms with E-state index in [1.165, 1.54) is 7.05 Å². The molecule has 1 amide bonds. The number of hydrogen-bond acceptors (Lipinski definition) is 3. The van der Waals surface area contributed by atoms with Crippen molar-refractivity contribution in [1.82, 2.24) is 5.32 Å². The third kappa shape index (κ3) is 4.99. The molecule has 0 aliphatic carbocycles. The minimum Gasteiger partial charge on any atom is -0.365 e. The van der Waals surface area contributed by atoms with Crippen LogP contribution in [0.15, 0.2) is 12.2 Å². The molecule has 0 saturated heterocycles. The zero-order chi connectivity index (χ0) is 7.28. The lowest BCUT2D eigenvalue weighted by atomic mass is 10.4. The zero-order valence-electron chi connectivity index (χ0n) is 5.03. The van der Waals surface area contributed by atoms with E-state index in [-0.39, 0.29) is 5.91 Å². The molecule has 0 unspecified atom stereocenters. The fourth-order valence-corrected chi connectivity index (χ4v) is 0.257. The molecule has 0 heterocycles. The summed E-state index contributed by atoms with van der Waals surface area (Å²) in [5.41, 5.74) is 0. The maximum Gasteiger partial charge on any atom is 0.243 e. The summed E-state index contributed by atoms with van der Waals surface area (Å²) >= 11 is 0. The highest BCUT2D eigenvalue weighted by Crippen LogP contribution is 1.77. The third-order valence-corrected chi connectivity index (χ3v) is 0.666. The average molecular weight is 131 g/mol. The Morgan fingerprint density at radius 2 is 2.22 bits per heavy atom. The van der Waals surface area contributed by atoms with Crippen molar-refractivity contribution in [2.24, 2.45) is 0 Å². The molecule has 0 bridgehead atoms. The summed E-state index contributed by atoms with van der Waals surface area (Å²) in [5, 5.41) is 18.6. The van der Waals surface area contributed by atoms with E-state index in [0.29, 0.717) is 0 Å². The second-order valence-electron chi connectivity index (χ2n) is 1.39. The SMILES string of the molecule is CNC(=O)/C=C\C(O)O. The minimum absolute atomic E-state index is 0.358. The van der Waals surface area contributed by atoms with E-state index in [9.17, 15) is 4.79 Å². The number of nitrogens with one attached hydrogen (secondary N) is 1. The standard InChI is InChI=1S/C5H9NO3/c1-6-4(7)2-3-5(8)9/h2-3,5,8-9H,1H3,(H,6,7)/b3-2-. The van der Waals surface area contributed by atoms with Crippen molar-refractivity contribution in [1.29, 1.82) is 0 Å². The molecule has 0 radical (unpaired) electrons. The van der Waals surface area contributed by atoms with Crippen molar-refractivity contribution in [3.8, 4) is 0 Å². The van der Waals surface area contributed by atoms with Crippen LogP contribution < -0.4 is 5.32 Å². The maximum absolute atomic E-state index is 10.3. The molecule has 0 aliphatic rings. The number of aliphatic hydroxyl groups excluding tert-OH is 1. The molecule has 52 valence electrons. The molecule has 4 nitrogen and oxygen atoms in total. The van der Waals surface area contributed by atoms with Gasteiger partial charge >= 0.3 is 0 Å². The van der Waals surface area contributed by atoms with Gasteiger partial charge in [0.15, 0.2) is 6.29 Å². The molecule has 0 aliphatic heterocycles. The van der Waals surface area contributed by atoms with Crippen molar-refractivity contribution >= 4 is 5.91 Å². The minimum atomic E-state index is -1.55. The Hall–Kier alpha value is -0.870. The summed E-state index contributed by atoms with van der Waals surface area (Å²) < 4.78 is 0. The van der Waals surface area contributed by atoms with Gasteiger partial charge in [-0.25, -0.2) is 0 Å². The fourth-order valence-electron chi connectivity index (χ4n) is 0.257. The van der Waals surface area contributed by atoms with Crippen LogP contribution in [-0.2, 0) is 4.79 Å². The van der Waals surface area contributed by atoms with E-state index in [4.69, 9.17) is 10.2 Å². The van der Waals surface area contributed by atoms with Gasteiger partial charge in [0.2, 0.25) is 5.91 Å². The first-order valence-electron chi connectivity index (χ1n) is 2.43. The molecule has 0 atom stereocenters. The van der Waals surface area contributed by atoms with Gasteiger partial charge in [-0.05, 0) is 6.08 Å². The summed E-state index contributed by atoms with van der Waals surface area (Å²) in [6.07, 6.45) is 0.464. The van der Waals surface area contributed by atoms with Crippen molar-refractivity contribution in [2.75, 3.05) is 7.05 Å². The predicted octanol–water partition coefficient (Wildman–Crippen LogP) is -1.40. The summed E-state index contributed by atoms with van der Waals surface area (Å²) in [5.74, 6) is -0.358. The molecule has 0 aromatic carbocycles. The van der Waals surface area contributed by atoms with Crippen LogP contribution in [0.1, 0.15) is 0 Å². The third-order valence-electron chi connectivity index (χ3n) is 0.666. The number of hydrogen-bond donors (Lipinski definition) is 3. The highest BCUT2D eigenvalue weighted by Gasteiger charge is 1.90. The van der Waals surface area contributed by atoms with Gasteiger partial charge < -0.3 is 15.5 Å². The van der Waals surface area contributed by atoms with Crippen molar-refractivity contribution in [2.45, 2.75) is 6.29 Å². The molecule has 0 aromatic heterocycles. The van der Waals surface area contributed by atoms with E-state index in [1.54, 1.807) is 0 Å². The van der Waals surface area contributed by atoms with E-state index in [2.05, 4.69) is 5.32 Å². The summed E-state index contributed by atoms with van der Waals surface area (Å²) in [6.45, 7) is 0. The van der Waals surface area contributed by atoms with Crippen LogP contribution in [0.3, 0.4) is 0 Å². The van der Waals surface area contributed by atoms with Crippen LogP contribution >= 0.6 is 0 Å². The first kappa shape index (κ1) is 8.13. The normalized spacial score (nSPS) is 10.7. The number of carbonyl (C=O) groups is 1. The number of amides is 1. The lowest BCUT2D eigenvalue weighted by molar-refractivity contribution is -0.116. The van der Waals surface area contributed by atoms with Gasteiger partial charge in [-0.2, -0.15) is 0 Å². The Bertz CT molecular complexity index is 119. The lowest BCUT2D eigenvalue weighted by Crippen LogP contribution is -2.15. The van der Waals surface area contributed by atoms with Crippen molar-refractivity contribution in [3.05, 3.63) is 12.2 Å². The molecule has 0 rings (SSSR count). The molecule has 0 aromatic rings. The Morgan fingerprint density at radius 1 is 1.67 bits per heavy atom. The van der Waals surface area contributed by atoms with Crippen LogP contribution in [0.2, 0.25) is 0 Å². The molecular weight excluding hydrogens is 122 g/mol. The van der Waals surface area contributed by atoms with Crippen LogP contribution in [0.25, 0.3) is 0 Å². The molecular formula is C5H9NO3. The number of rotatable bonds is 2. The average Bonchev–Trinajstić information content (AvgIpc) is 1.83. The van der Waals surface area contributed by atoms with Crippen molar-refractivity contribution < 1.29 is 15.0 Å². The molecule has 0 spiro atoms. The van der Waals surface area contributed by atoms with Gasteiger partial charge in [0.1, 0.15) is 0 Å². The summed E-state index contributed by atoms with van der Waals surface area (Å²) in [4.78, 5) is 10.3. The quantitative estimate of drug-likeness (QED) is 0.319. The van der Waals surface area contributed by atoms with Crippen LogP contribution in [0, 0.1) is 0 Å². The first-order valence-corrected chi connectivity index (χ1v) is 2.43. The molecule has 9 heavy (non-hydrogen) atoms. The highest BCUT2D eigenvalue weighted by atomic mass is 16.5. The van der Waals surface area contributed by atoms with Gasteiger partial charge in [-0.3, -0.25) is 4.79 Å². The first-order chi connectivity index (χ1) is 4.16. The fraction of sp³-hybridized carbons (Fsp3) is 0.400. The molecule has 4 heteroatoms. The Labute approximate surface area is 52.8 Å². The van der Waals surface area contributed by atoms with E-state index >= 15 is 0 Å². The second kappa shape index (κ2) is 4.05. The molecule has 0 saturated carbocycles. The molecule has 0 fully saturated rings. The monoisotopic (exact) mass is 131 g/mol. The topological polar surface area (TPSA) is 69.6 Å². The van der Waals surface area contributed by atoms with Crippen LogP contribution in [-0.4, -0.2) is 29.5 Å². The Morgan fingerprint density at radius 3 is 2.56 bits per heavy atom. The van der Waals surface area contributed by atoms with Gasteiger partial charge in [0, 0.05) is 13.1 Å². The van der Waals surface area contributed by atoms with Crippen LogP contribution in [0.5, 0.6) is 0 Å². The Balaban J connectivity index is 3.57. The van der Waals surface area contributed by atoms with Gasteiger partial charge in [0.05, 0.1) is 0 Å². The van der Waals surface area contributed by atoms with Gasteiger partial charge in [-0.1, -0.05) is 0 Å². The largest absolute Gasteiger partial charge is 0.365 e. The van der Waals surface area contributed by atoms with Crippen molar-refractivity contribution in [3.63, 3.8) is 0 Å². The van der Waals surface area contributed by atoms with Crippen LogP contribution in [0.4, 0.5) is 0 Å². The second-order valence-corrected chi connectivity index (χ2v) is 1.39. The van der Waals surface area contributed by atoms with Gasteiger partial charge in [0.25, 0.3) is 0 Å². The summed E-state index contributed by atoms with van der Waals surface area (Å²) in [7, 11) is 1.45. The van der Waals surface area contributed by atoms with E-state index in [1.807, 2.05) is 0 Å². The van der Waals surface area contributed by atoms with E-state index in [0.717, 1.165) is 12.2 Å². The predicted molar refractivity (Wildman–Crippen MR) is 31.4 cm³/mol. The highest BCUT2D eigenvalue weighted by molar-refractivity contribution is 5.87. The molecule has 3 N–H and O–H groups in total. The number of likely N-dealkylation sites (N-methyl/N-ethyl adjacent to an activating group) is 1.